The van der Waals surface area contributed by atoms with Gasteiger partial charge in [0.25, 0.3) is 0 Å². The van der Waals surface area contributed by atoms with Gasteiger partial charge in [-0.15, -0.1) is 0 Å². The molecule has 6 nitrogen and oxygen atoms in total. The lowest BCUT2D eigenvalue weighted by Crippen LogP contribution is -2.47. The third-order valence-corrected chi connectivity index (χ3v) is 8.10. The third-order valence-electron chi connectivity index (χ3n) is 8.10. The zero-order valence-corrected chi connectivity index (χ0v) is 21.6. The van der Waals surface area contributed by atoms with Crippen LogP contribution in [-0.4, -0.2) is 79.7 Å². The second-order valence-corrected chi connectivity index (χ2v) is 10.7. The molecule has 5 rings (SSSR count). The van der Waals surface area contributed by atoms with Gasteiger partial charge in [-0.05, 0) is 87.6 Å². The van der Waals surface area contributed by atoms with Crippen LogP contribution in [0.5, 0.6) is 0 Å². The second-order valence-electron chi connectivity index (χ2n) is 10.7. The van der Waals surface area contributed by atoms with E-state index in [1.165, 1.54) is 67.8 Å². The lowest BCUT2D eigenvalue weighted by molar-refractivity contribution is 0.187. The van der Waals surface area contributed by atoms with Gasteiger partial charge >= 0.3 is 0 Å². The molecule has 2 N–H and O–H groups in total. The molecule has 1 aromatic carbocycles. The van der Waals surface area contributed by atoms with Crippen molar-refractivity contribution in [1.82, 2.24) is 25.4 Å². The van der Waals surface area contributed by atoms with E-state index in [0.717, 1.165) is 58.8 Å². The van der Waals surface area contributed by atoms with E-state index in [9.17, 15) is 0 Å². The normalized spacial score (nSPS) is 21.3. The number of hydrogen-bond donors (Lipinski definition) is 2. The summed E-state index contributed by atoms with van der Waals surface area (Å²) >= 11 is 0. The lowest BCUT2D eigenvalue weighted by Gasteiger charge is -2.36. The summed E-state index contributed by atoms with van der Waals surface area (Å²) in [6.45, 7) is 14.5. The monoisotopic (exact) mass is 476 g/mol. The van der Waals surface area contributed by atoms with Crippen LogP contribution in [0.15, 0.2) is 36.5 Å². The maximum atomic E-state index is 4.74. The first kappa shape index (κ1) is 24.7. The molecule has 2 fully saturated rings. The number of pyridine rings is 1. The Bertz CT molecular complexity index is 935. The van der Waals surface area contributed by atoms with Gasteiger partial charge in [-0.25, -0.2) is 0 Å². The first-order valence-electron chi connectivity index (χ1n) is 13.9. The lowest BCUT2D eigenvalue weighted by atomic mass is 9.93. The van der Waals surface area contributed by atoms with Crippen molar-refractivity contribution in [3.8, 4) is 0 Å². The summed E-state index contributed by atoms with van der Waals surface area (Å²) in [5.41, 5.74) is 7.04. The van der Waals surface area contributed by atoms with Gasteiger partial charge < -0.3 is 20.4 Å². The quantitative estimate of drug-likeness (QED) is 0.580. The minimum Gasteiger partial charge on any atom is -0.369 e. The Morgan fingerprint density at radius 3 is 2.71 bits per heavy atom. The highest BCUT2D eigenvalue weighted by atomic mass is 15.2. The van der Waals surface area contributed by atoms with Crippen LogP contribution in [-0.2, 0) is 19.5 Å². The molecule has 35 heavy (non-hydrogen) atoms. The topological polar surface area (TPSA) is 46.7 Å². The molecule has 0 aliphatic carbocycles. The standard InChI is InChI=1S/C29H44N6/c1-24-8-6-11-31-28(24)23-34(17-7-16-33-14-3-2-4-15-33)22-26-20-27-25(21-32-26)9-5-10-29(27)35-18-12-30-13-19-35/h5-6,8-11,26,30,32H,2-4,7,12-23H2,1H3/t26-/m1/s1. The predicted octanol–water partition coefficient (Wildman–Crippen LogP) is 3.19. The molecule has 0 saturated carbocycles. The summed E-state index contributed by atoms with van der Waals surface area (Å²) in [6, 6.07) is 11.6. The highest BCUT2D eigenvalue weighted by Gasteiger charge is 2.25. The number of nitrogens with zero attached hydrogens (tertiary/aromatic N) is 4. The van der Waals surface area contributed by atoms with Gasteiger partial charge in [0.05, 0.1) is 5.69 Å². The van der Waals surface area contributed by atoms with Gasteiger partial charge in [0.1, 0.15) is 0 Å². The zero-order chi connectivity index (χ0) is 23.9. The van der Waals surface area contributed by atoms with Crippen molar-refractivity contribution < 1.29 is 0 Å². The number of piperidine rings is 1. The van der Waals surface area contributed by atoms with E-state index in [4.69, 9.17) is 4.98 Å². The maximum Gasteiger partial charge on any atom is 0.0573 e. The predicted molar refractivity (Wildman–Crippen MR) is 145 cm³/mol. The molecule has 6 heteroatoms. The molecular formula is C29H44N6. The van der Waals surface area contributed by atoms with Gasteiger partial charge in [0.2, 0.25) is 0 Å². The SMILES string of the molecule is Cc1cccnc1CN(CCCN1CCCCC1)C[C@H]1Cc2c(cccc2N2CCNCC2)CN1. The van der Waals surface area contributed by atoms with Crippen molar-refractivity contribution in [1.29, 1.82) is 0 Å². The van der Waals surface area contributed by atoms with Gasteiger partial charge in [0.15, 0.2) is 0 Å². The Kier molecular flexibility index (Phi) is 8.68. The summed E-state index contributed by atoms with van der Waals surface area (Å²) in [7, 11) is 0. The molecule has 2 saturated heterocycles. The average molecular weight is 477 g/mol. The average Bonchev–Trinajstić information content (AvgIpc) is 2.91. The van der Waals surface area contributed by atoms with Crippen LogP contribution >= 0.6 is 0 Å². The molecule has 1 atom stereocenters. The minimum absolute atomic E-state index is 0.477. The Morgan fingerprint density at radius 2 is 1.89 bits per heavy atom. The fourth-order valence-corrected chi connectivity index (χ4v) is 6.07. The van der Waals surface area contributed by atoms with E-state index in [0.29, 0.717) is 6.04 Å². The highest BCUT2D eigenvalue weighted by molar-refractivity contribution is 5.58. The number of likely N-dealkylation sites (tertiary alicyclic amines) is 1. The van der Waals surface area contributed by atoms with Crippen molar-refractivity contribution >= 4 is 5.69 Å². The van der Waals surface area contributed by atoms with Crippen molar-refractivity contribution in [2.24, 2.45) is 0 Å². The molecule has 3 aliphatic rings. The summed E-state index contributed by atoms with van der Waals surface area (Å²) in [6.07, 6.45) is 8.45. The number of aromatic nitrogens is 1. The molecule has 0 amide bonds. The van der Waals surface area contributed by atoms with E-state index in [1.807, 2.05) is 6.20 Å². The summed E-state index contributed by atoms with van der Waals surface area (Å²) in [5, 5.41) is 7.37. The van der Waals surface area contributed by atoms with Crippen LogP contribution < -0.4 is 15.5 Å². The Morgan fingerprint density at radius 1 is 1.03 bits per heavy atom. The number of piperazine rings is 1. The van der Waals surface area contributed by atoms with Crippen LogP contribution in [0.2, 0.25) is 0 Å². The molecule has 4 heterocycles. The number of aryl methyl sites for hydroxylation is 1. The van der Waals surface area contributed by atoms with Gasteiger partial charge in [-0.2, -0.15) is 0 Å². The molecule has 1 aromatic heterocycles. The molecular weight excluding hydrogens is 432 g/mol. The van der Waals surface area contributed by atoms with Crippen LogP contribution in [0.1, 0.15) is 48.1 Å². The van der Waals surface area contributed by atoms with E-state index < -0.39 is 0 Å². The van der Waals surface area contributed by atoms with Crippen LogP contribution in [0.25, 0.3) is 0 Å². The van der Waals surface area contributed by atoms with Crippen molar-refractivity contribution in [2.75, 3.05) is 63.8 Å². The Balaban J connectivity index is 1.25. The van der Waals surface area contributed by atoms with Gasteiger partial charge in [0, 0.05) is 63.7 Å². The number of hydrogen-bond acceptors (Lipinski definition) is 6. The highest BCUT2D eigenvalue weighted by Crippen LogP contribution is 2.29. The van der Waals surface area contributed by atoms with Gasteiger partial charge in [-0.1, -0.05) is 24.6 Å². The molecule has 3 aliphatic heterocycles. The largest absolute Gasteiger partial charge is 0.369 e. The van der Waals surface area contributed by atoms with Crippen molar-refractivity contribution in [3.63, 3.8) is 0 Å². The fourth-order valence-electron chi connectivity index (χ4n) is 6.07. The summed E-state index contributed by atoms with van der Waals surface area (Å²) in [5.74, 6) is 0. The van der Waals surface area contributed by atoms with Crippen LogP contribution in [0.3, 0.4) is 0 Å². The number of fused-ring (bicyclic) bond motifs is 1. The molecule has 190 valence electrons. The Hall–Kier alpha value is -1.99. The molecule has 0 radical (unpaired) electrons. The zero-order valence-electron chi connectivity index (χ0n) is 21.6. The summed E-state index contributed by atoms with van der Waals surface area (Å²) in [4.78, 5) is 12.7. The fraction of sp³-hybridized carbons (Fsp3) is 0.621. The first-order valence-corrected chi connectivity index (χ1v) is 13.9. The van der Waals surface area contributed by atoms with E-state index >= 15 is 0 Å². The van der Waals surface area contributed by atoms with Crippen molar-refractivity contribution in [3.05, 3.63) is 58.9 Å². The molecule has 2 aromatic rings. The van der Waals surface area contributed by atoms with Gasteiger partial charge in [-0.3, -0.25) is 9.88 Å². The second kappa shape index (κ2) is 12.3. The molecule has 0 spiro atoms. The van der Waals surface area contributed by atoms with E-state index in [1.54, 1.807) is 5.56 Å². The minimum atomic E-state index is 0.477. The van der Waals surface area contributed by atoms with Crippen LogP contribution in [0, 0.1) is 6.92 Å². The third kappa shape index (κ3) is 6.62. The number of anilines is 1. The van der Waals surface area contributed by atoms with Crippen molar-refractivity contribution in [2.45, 2.75) is 58.2 Å². The maximum absolute atomic E-state index is 4.74. The smallest absolute Gasteiger partial charge is 0.0573 e. The van der Waals surface area contributed by atoms with E-state index in [2.05, 4.69) is 62.6 Å². The number of rotatable bonds is 9. The van der Waals surface area contributed by atoms with E-state index in [-0.39, 0.29) is 0 Å². The molecule has 0 unspecified atom stereocenters. The summed E-state index contributed by atoms with van der Waals surface area (Å²) < 4.78 is 0. The first-order chi connectivity index (χ1) is 17.3. The number of nitrogens with one attached hydrogen (secondary N) is 2. The van der Waals surface area contributed by atoms with Crippen LogP contribution in [0.4, 0.5) is 5.69 Å². The molecule has 0 bridgehead atoms. The Labute approximate surface area is 212 Å². The number of benzene rings is 1.